The van der Waals surface area contributed by atoms with Crippen LogP contribution >= 0.6 is 0 Å². The van der Waals surface area contributed by atoms with Crippen molar-refractivity contribution < 1.29 is 0 Å². The normalized spacial score (nSPS) is 16.3. The fraction of sp³-hybridized carbons (Fsp3) is 0.239. The van der Waals surface area contributed by atoms with Gasteiger partial charge in [0.15, 0.2) is 0 Å². The third-order valence-electron chi connectivity index (χ3n) is 29.0. The van der Waals surface area contributed by atoms with Crippen molar-refractivity contribution in [2.75, 3.05) is 4.90 Å². The van der Waals surface area contributed by atoms with Gasteiger partial charge in [-0.2, -0.15) is 0 Å². The molecule has 4 aliphatic carbocycles. The zero-order valence-corrected chi connectivity index (χ0v) is 70.3. The predicted molar refractivity (Wildman–Crippen MR) is 511 cm³/mol. The lowest BCUT2D eigenvalue weighted by Gasteiger charge is -2.42. The SMILES string of the molecule is CC1(C)c2ccccc2N(c2ccc3c(c2)c2ccccc2n3-c2ccc3c(c2)c2c(C4CCCCC4)nc(C4CCCCC4)nc2n3-c2ccccc2)c2ccccc21.c1ccc(-c2ccc3c(c2)c2cc(-n4c5ccccc5c5ccccc54)ccc2n3-c2ccc3c(c2)c2c(C4CCCCC4)nc(C4CCCCC4)nc2n3-c2ccccc2)cc1. The van der Waals surface area contributed by atoms with Crippen molar-refractivity contribution in [2.45, 2.75) is 171 Å². The summed E-state index contributed by atoms with van der Waals surface area (Å²) in [5.41, 5.74) is 28.8. The van der Waals surface area contributed by atoms with Crippen molar-refractivity contribution in [3.8, 4) is 39.6 Å². The Morgan fingerprint density at radius 2 is 0.553 bits per heavy atom. The molecular weight excluding hydrogens is 1500 g/mol. The molecule has 5 aliphatic rings. The lowest BCUT2D eigenvalue weighted by Crippen LogP contribution is -2.30. The van der Waals surface area contributed by atoms with Crippen LogP contribution in [0.3, 0.4) is 0 Å². The maximum absolute atomic E-state index is 5.68. The number of benzene rings is 13. The van der Waals surface area contributed by atoms with Gasteiger partial charge in [0.2, 0.25) is 0 Å². The topological polar surface area (TPSA) is 79.5 Å². The predicted octanol–water partition coefficient (Wildman–Crippen LogP) is 30.4. The average Bonchev–Trinajstić information content (AvgIpc) is 1.60. The summed E-state index contributed by atoms with van der Waals surface area (Å²) in [6.45, 7) is 4.71. The molecule has 4 fully saturated rings. The minimum Gasteiger partial charge on any atom is -0.310 e. The summed E-state index contributed by atoms with van der Waals surface area (Å²) in [6, 6.07) is 112. The Morgan fingerprint density at radius 3 is 0.992 bits per heavy atom. The summed E-state index contributed by atoms with van der Waals surface area (Å²) in [5.74, 6) is 3.89. The second-order valence-corrected chi connectivity index (χ2v) is 36.5. The van der Waals surface area contributed by atoms with Crippen LogP contribution in [-0.2, 0) is 5.41 Å². The maximum Gasteiger partial charge on any atom is 0.149 e. The van der Waals surface area contributed by atoms with Crippen LogP contribution in [-0.4, -0.2) is 42.8 Å². The van der Waals surface area contributed by atoms with Crippen molar-refractivity contribution in [1.82, 2.24) is 42.8 Å². The second kappa shape index (κ2) is 30.2. The largest absolute Gasteiger partial charge is 0.310 e. The summed E-state index contributed by atoms with van der Waals surface area (Å²) in [5, 5.41) is 12.5. The lowest BCUT2D eigenvalue weighted by atomic mass is 9.73. The number of hydrogen-bond donors (Lipinski definition) is 0. The van der Waals surface area contributed by atoms with Gasteiger partial charge in [0.1, 0.15) is 22.9 Å². The summed E-state index contributed by atoms with van der Waals surface area (Å²) in [7, 11) is 0. The number of rotatable bonds is 11. The second-order valence-electron chi connectivity index (χ2n) is 36.5. The lowest BCUT2D eigenvalue weighted by molar-refractivity contribution is 0.417. The van der Waals surface area contributed by atoms with E-state index in [0.29, 0.717) is 23.7 Å². The van der Waals surface area contributed by atoms with Crippen LogP contribution in [0.1, 0.15) is 200 Å². The van der Waals surface area contributed by atoms with E-state index in [1.165, 1.54) is 277 Å². The molecule has 1 aliphatic heterocycles. The molecule has 0 amide bonds. The standard InChI is InChI=1S/C58H49N5.C55H51N5/c1-5-17-38(18-6-1)41-29-32-52-47(35-41)48-36-43(61-50-27-15-13-25-45(50)46-26-14-16-28-51(46)61)30-33-53(48)62(52)44-31-34-54-49(37-44)55-56(39-19-7-2-8-20-39)59-57(40-21-9-3-10-22-40)60-58(55)63(54)42-23-11-4-12-24-42;1-55(2)44-25-13-16-28-49(44)59(50-29-17-14-26-45(50)55)39-30-32-47-42(34-39)41-24-12-15-27-46(41)58(47)40-31-33-48-43(35-40)51-52(36-18-6-3-7-19-36)56-53(37-20-8-4-9-21-37)57-54(51)60(48)38-22-10-5-11-23-38/h1,4-6,11-18,23-37,39-40H,2-3,7-10,19-22H2;5,10-17,22-37H,3-4,6-9,18-21H2,1-2H3. The first-order valence-electron chi connectivity index (χ1n) is 45.8. The molecule has 0 radical (unpaired) electrons. The maximum atomic E-state index is 5.68. The van der Waals surface area contributed by atoms with E-state index < -0.39 is 0 Å². The van der Waals surface area contributed by atoms with E-state index in [-0.39, 0.29) is 5.41 Å². The molecule has 0 saturated heterocycles. The van der Waals surface area contributed by atoms with E-state index >= 15 is 0 Å². The first-order chi connectivity index (χ1) is 60.8. The fourth-order valence-corrected chi connectivity index (χ4v) is 23.0. The van der Waals surface area contributed by atoms with Crippen LogP contribution in [0, 0.1) is 0 Å². The van der Waals surface area contributed by atoms with E-state index in [9.17, 15) is 0 Å². The zero-order valence-electron chi connectivity index (χ0n) is 70.3. The molecule has 10 heteroatoms. The highest BCUT2D eigenvalue weighted by molar-refractivity contribution is 6.17. The summed E-state index contributed by atoms with van der Waals surface area (Å²) in [4.78, 5) is 25.0. The zero-order chi connectivity index (χ0) is 81.4. The smallest absolute Gasteiger partial charge is 0.149 e. The molecule has 0 N–H and O–H groups in total. The molecule has 0 unspecified atom stereocenters. The first-order valence-corrected chi connectivity index (χ1v) is 45.8. The molecule has 13 aromatic carbocycles. The van der Waals surface area contributed by atoms with Gasteiger partial charge < -0.3 is 18.6 Å². The highest BCUT2D eigenvalue weighted by Gasteiger charge is 2.38. The molecule has 25 rings (SSSR count). The van der Waals surface area contributed by atoms with Crippen molar-refractivity contribution in [1.29, 1.82) is 0 Å². The first kappa shape index (κ1) is 73.7. The van der Waals surface area contributed by atoms with Crippen LogP contribution in [0.15, 0.2) is 303 Å². The molecule has 7 aromatic heterocycles. The van der Waals surface area contributed by atoms with Crippen molar-refractivity contribution >= 4 is 126 Å². The number of fused-ring (bicyclic) bond motifs is 17. The van der Waals surface area contributed by atoms with Gasteiger partial charge in [0.05, 0.1) is 66.9 Å². The molecule has 4 saturated carbocycles. The van der Waals surface area contributed by atoms with E-state index in [4.69, 9.17) is 19.9 Å². The number of nitrogens with zero attached hydrogens (tertiary/aromatic N) is 10. The Labute approximate surface area is 717 Å². The van der Waals surface area contributed by atoms with Crippen molar-refractivity contribution in [3.63, 3.8) is 0 Å². The van der Waals surface area contributed by atoms with E-state index in [1.807, 2.05) is 0 Å². The molecule has 0 bridgehead atoms. The number of para-hydroxylation sites is 7. The number of aromatic nitrogens is 9. The fourth-order valence-electron chi connectivity index (χ4n) is 23.0. The van der Waals surface area contributed by atoms with E-state index in [2.05, 4.69) is 345 Å². The molecule has 123 heavy (non-hydrogen) atoms. The van der Waals surface area contributed by atoms with Crippen LogP contribution in [0.25, 0.3) is 149 Å². The molecule has 10 nitrogen and oxygen atoms in total. The third kappa shape index (κ3) is 12.2. The minimum absolute atomic E-state index is 0.106. The van der Waals surface area contributed by atoms with Crippen molar-refractivity contribution in [3.05, 3.63) is 337 Å². The van der Waals surface area contributed by atoms with Gasteiger partial charge in [0.25, 0.3) is 0 Å². The van der Waals surface area contributed by atoms with E-state index in [1.54, 1.807) is 0 Å². The molecule has 602 valence electrons. The molecule has 0 spiro atoms. The minimum atomic E-state index is -0.106. The van der Waals surface area contributed by atoms with Crippen LogP contribution in [0.5, 0.6) is 0 Å². The Kier molecular flexibility index (Phi) is 18.1. The van der Waals surface area contributed by atoms with Gasteiger partial charge >= 0.3 is 0 Å². The monoisotopic (exact) mass is 1600 g/mol. The highest BCUT2D eigenvalue weighted by Crippen LogP contribution is 2.54. The average molecular weight is 1600 g/mol. The van der Waals surface area contributed by atoms with E-state index in [0.717, 1.165) is 51.4 Å². The van der Waals surface area contributed by atoms with Crippen molar-refractivity contribution in [2.24, 2.45) is 0 Å². The van der Waals surface area contributed by atoms with Gasteiger partial charge in [-0.15, -0.1) is 0 Å². The molecule has 0 atom stereocenters. The molecular formula is C113H100N10. The van der Waals surface area contributed by atoms with Gasteiger partial charge in [-0.25, -0.2) is 19.9 Å². The Morgan fingerprint density at radius 1 is 0.236 bits per heavy atom. The Hall–Kier alpha value is -13.2. The van der Waals surface area contributed by atoms with Gasteiger partial charge in [0, 0.05) is 117 Å². The number of anilines is 3. The van der Waals surface area contributed by atoms with Gasteiger partial charge in [-0.1, -0.05) is 255 Å². The van der Waals surface area contributed by atoms with Crippen LogP contribution in [0.4, 0.5) is 17.1 Å². The summed E-state index contributed by atoms with van der Waals surface area (Å²) in [6.07, 6.45) is 25.0. The van der Waals surface area contributed by atoms with Crippen LogP contribution < -0.4 is 4.90 Å². The third-order valence-corrected chi connectivity index (χ3v) is 29.0. The number of hydrogen-bond acceptors (Lipinski definition) is 5. The van der Waals surface area contributed by atoms with Gasteiger partial charge in [-0.3, -0.25) is 9.13 Å². The molecule has 20 aromatic rings. The molecule has 8 heterocycles. The quantitative estimate of drug-likeness (QED) is 0.129. The van der Waals surface area contributed by atoms with Gasteiger partial charge in [-0.05, 0) is 213 Å². The highest BCUT2D eigenvalue weighted by atomic mass is 15.2. The summed E-state index contributed by atoms with van der Waals surface area (Å²) >= 11 is 0. The van der Waals surface area contributed by atoms with Crippen LogP contribution in [0.2, 0.25) is 0 Å². The Bertz CT molecular complexity index is 7410. The summed E-state index contributed by atoms with van der Waals surface area (Å²) < 4.78 is 12.3. The Balaban J connectivity index is 0.000000139.